The summed E-state index contributed by atoms with van der Waals surface area (Å²) in [4.78, 5) is 11.6. The van der Waals surface area contributed by atoms with Crippen molar-refractivity contribution < 1.29 is 18.3 Å². The molecule has 0 saturated heterocycles. The number of amides is 2. The number of benzene rings is 1. The first kappa shape index (κ1) is 13.3. The first-order valence-electron chi connectivity index (χ1n) is 5.78. The van der Waals surface area contributed by atoms with E-state index >= 15 is 0 Å². The molecule has 1 heterocycles. The molecule has 0 fully saturated rings. The third-order valence-electron chi connectivity index (χ3n) is 2.67. The van der Waals surface area contributed by atoms with Crippen LogP contribution in [-0.2, 0) is 0 Å². The number of nitrogens with one attached hydrogen (secondary N) is 2. The van der Waals surface area contributed by atoms with E-state index in [1.165, 1.54) is 0 Å². The van der Waals surface area contributed by atoms with E-state index in [9.17, 15) is 13.6 Å². The van der Waals surface area contributed by atoms with E-state index in [2.05, 4.69) is 17.2 Å². The summed E-state index contributed by atoms with van der Waals surface area (Å²) in [5.41, 5.74) is 0.971. The minimum atomic E-state index is -0.724. The average Bonchev–Trinajstić information content (AvgIpc) is 2.69. The zero-order valence-electron chi connectivity index (χ0n) is 10.4. The second kappa shape index (κ2) is 5.26. The lowest BCUT2D eigenvalue weighted by molar-refractivity contribution is 0.232. The summed E-state index contributed by atoms with van der Waals surface area (Å²) in [7, 11) is 0. The lowest BCUT2D eigenvalue weighted by Gasteiger charge is -2.13. The fourth-order valence-electron chi connectivity index (χ4n) is 1.83. The number of hydrogen-bond acceptors (Lipinski definition) is 2. The van der Waals surface area contributed by atoms with Crippen molar-refractivity contribution in [1.82, 2.24) is 10.6 Å². The normalized spacial score (nSPS) is 16.5. The van der Waals surface area contributed by atoms with Crippen LogP contribution < -0.4 is 15.4 Å². The molecule has 0 bridgehead atoms. The number of ether oxygens (including phenoxy) is 1. The van der Waals surface area contributed by atoms with Crippen molar-refractivity contribution in [2.45, 2.75) is 13.0 Å². The molecule has 2 amide bonds. The highest BCUT2D eigenvalue weighted by molar-refractivity contribution is 5.75. The predicted molar refractivity (Wildman–Crippen MR) is 65.9 cm³/mol. The number of fused-ring (bicyclic) bond motifs is 1. The van der Waals surface area contributed by atoms with Gasteiger partial charge in [0.15, 0.2) is 0 Å². The summed E-state index contributed by atoms with van der Waals surface area (Å²) in [5.74, 6) is -1.30. The van der Waals surface area contributed by atoms with Crippen LogP contribution in [-0.4, -0.2) is 19.2 Å². The lowest BCUT2D eigenvalue weighted by atomic mass is 10.1. The van der Waals surface area contributed by atoms with Gasteiger partial charge in [-0.15, -0.1) is 0 Å². The van der Waals surface area contributed by atoms with Gasteiger partial charge in [-0.25, -0.2) is 13.6 Å². The molecule has 0 radical (unpaired) electrons. The molecule has 1 aliphatic rings. The summed E-state index contributed by atoms with van der Waals surface area (Å²) >= 11 is 0. The Labute approximate surface area is 109 Å². The van der Waals surface area contributed by atoms with E-state index in [0.717, 1.165) is 17.7 Å². The zero-order chi connectivity index (χ0) is 14.0. The highest BCUT2D eigenvalue weighted by Crippen LogP contribution is 2.35. The smallest absolute Gasteiger partial charge is 0.315 e. The van der Waals surface area contributed by atoms with Crippen LogP contribution in [0.25, 0.3) is 0 Å². The van der Waals surface area contributed by atoms with E-state index in [1.807, 2.05) is 0 Å². The Hall–Kier alpha value is -2.11. The minimum absolute atomic E-state index is 0.0796. The summed E-state index contributed by atoms with van der Waals surface area (Å²) in [6, 6.07) is 0.800. The largest absolute Gasteiger partial charge is 0.490 e. The highest BCUT2D eigenvalue weighted by Gasteiger charge is 2.29. The summed E-state index contributed by atoms with van der Waals surface area (Å²) < 4.78 is 31.8. The van der Waals surface area contributed by atoms with Gasteiger partial charge in [-0.3, -0.25) is 0 Å². The molecule has 1 aliphatic heterocycles. The maximum Gasteiger partial charge on any atom is 0.315 e. The van der Waals surface area contributed by atoms with Crippen LogP contribution >= 0.6 is 0 Å². The number of halogens is 2. The Bertz CT molecular complexity index is 532. The molecule has 2 rings (SSSR count). The molecular formula is C13H14F2N2O2. The van der Waals surface area contributed by atoms with Gasteiger partial charge in [0.2, 0.25) is 0 Å². The van der Waals surface area contributed by atoms with Gasteiger partial charge in [0.25, 0.3) is 0 Å². The number of urea groups is 1. The third-order valence-corrected chi connectivity index (χ3v) is 2.67. The topological polar surface area (TPSA) is 50.4 Å². The van der Waals surface area contributed by atoms with Crippen molar-refractivity contribution in [3.05, 3.63) is 41.5 Å². The fourth-order valence-corrected chi connectivity index (χ4v) is 1.83. The van der Waals surface area contributed by atoms with Crippen molar-refractivity contribution in [2.24, 2.45) is 0 Å². The number of carbonyl (C=O) groups excluding carboxylic acids is 1. The molecule has 0 saturated carbocycles. The summed E-state index contributed by atoms with van der Waals surface area (Å²) in [5, 5.41) is 5.14. The fraction of sp³-hybridized carbons (Fsp3) is 0.308. The van der Waals surface area contributed by atoms with Gasteiger partial charge >= 0.3 is 6.03 Å². The quantitative estimate of drug-likeness (QED) is 0.826. The molecule has 4 nitrogen and oxygen atoms in total. The Morgan fingerprint density at radius 3 is 2.95 bits per heavy atom. The Kier molecular flexibility index (Phi) is 3.69. The van der Waals surface area contributed by atoms with Crippen molar-refractivity contribution >= 4 is 6.03 Å². The zero-order valence-corrected chi connectivity index (χ0v) is 10.4. The molecule has 1 atom stereocenters. The van der Waals surface area contributed by atoms with Crippen LogP contribution in [0, 0.1) is 11.6 Å². The molecule has 0 aliphatic carbocycles. The molecule has 0 aromatic heterocycles. The number of carbonyl (C=O) groups is 1. The first-order valence-corrected chi connectivity index (χ1v) is 5.78. The van der Waals surface area contributed by atoms with Gasteiger partial charge < -0.3 is 15.4 Å². The lowest BCUT2D eigenvalue weighted by Crippen LogP contribution is -2.39. The average molecular weight is 268 g/mol. The summed E-state index contributed by atoms with van der Waals surface area (Å²) in [6.07, 6.45) is 0. The standard InChI is InChI=1S/C13H14F2N2O2/c1-7(2)5-16-13(18)17-10-6-19-11-4-8(14)3-9(15)12(10)11/h3-4,10H,1,5-6H2,2H3,(H2,16,17,18). The second-order valence-corrected chi connectivity index (χ2v) is 4.45. The monoisotopic (exact) mass is 268 g/mol. The molecule has 1 unspecified atom stereocenters. The maximum atomic E-state index is 13.7. The SMILES string of the molecule is C=C(C)CNC(=O)NC1COc2cc(F)cc(F)c21. The number of rotatable bonds is 3. The molecule has 102 valence electrons. The van der Waals surface area contributed by atoms with Gasteiger partial charge in [0.05, 0.1) is 11.6 Å². The molecular weight excluding hydrogens is 254 g/mol. The number of hydrogen-bond donors (Lipinski definition) is 2. The third kappa shape index (κ3) is 3.01. The Morgan fingerprint density at radius 1 is 1.53 bits per heavy atom. The van der Waals surface area contributed by atoms with Crippen molar-refractivity contribution in [3.8, 4) is 5.75 Å². The highest BCUT2D eigenvalue weighted by atomic mass is 19.1. The van der Waals surface area contributed by atoms with Gasteiger partial charge in [-0.05, 0) is 6.92 Å². The van der Waals surface area contributed by atoms with Crippen molar-refractivity contribution in [1.29, 1.82) is 0 Å². The van der Waals surface area contributed by atoms with Gasteiger partial charge in [0.1, 0.15) is 24.0 Å². The van der Waals surface area contributed by atoms with Crippen LogP contribution in [0.4, 0.5) is 13.6 Å². The Morgan fingerprint density at radius 2 is 2.26 bits per heavy atom. The molecule has 19 heavy (non-hydrogen) atoms. The van der Waals surface area contributed by atoms with Crippen molar-refractivity contribution in [2.75, 3.05) is 13.2 Å². The molecule has 2 N–H and O–H groups in total. The molecule has 6 heteroatoms. The van der Waals surface area contributed by atoms with Crippen LogP contribution in [0.3, 0.4) is 0 Å². The minimum Gasteiger partial charge on any atom is -0.490 e. The van der Waals surface area contributed by atoms with Crippen LogP contribution in [0.2, 0.25) is 0 Å². The second-order valence-electron chi connectivity index (χ2n) is 4.45. The predicted octanol–water partition coefficient (Wildman–Crippen LogP) is 2.27. The van der Waals surface area contributed by atoms with Crippen LogP contribution in [0.15, 0.2) is 24.3 Å². The van der Waals surface area contributed by atoms with Crippen molar-refractivity contribution in [3.63, 3.8) is 0 Å². The van der Waals surface area contributed by atoms with Crippen LogP contribution in [0.1, 0.15) is 18.5 Å². The van der Waals surface area contributed by atoms with E-state index in [1.54, 1.807) is 6.92 Å². The van der Waals surface area contributed by atoms with Gasteiger partial charge in [0, 0.05) is 18.7 Å². The maximum absolute atomic E-state index is 13.7. The van der Waals surface area contributed by atoms with Gasteiger partial charge in [-0.2, -0.15) is 0 Å². The molecule has 1 aromatic carbocycles. The van der Waals surface area contributed by atoms with E-state index < -0.39 is 23.7 Å². The Balaban J connectivity index is 2.06. The van der Waals surface area contributed by atoms with E-state index in [0.29, 0.717) is 6.54 Å². The summed E-state index contributed by atoms with van der Waals surface area (Å²) in [6.45, 7) is 5.84. The molecule has 0 spiro atoms. The molecule has 1 aromatic rings. The van der Waals surface area contributed by atoms with E-state index in [4.69, 9.17) is 4.74 Å². The van der Waals surface area contributed by atoms with E-state index in [-0.39, 0.29) is 17.9 Å². The first-order chi connectivity index (χ1) is 8.97. The van der Waals surface area contributed by atoms with Gasteiger partial charge in [-0.1, -0.05) is 12.2 Å². The van der Waals surface area contributed by atoms with Crippen LogP contribution in [0.5, 0.6) is 5.75 Å².